The van der Waals surface area contributed by atoms with Crippen LogP contribution in [-0.4, -0.2) is 37.4 Å². The molecule has 58 valence electrons. The molecule has 11 heavy (non-hydrogen) atoms. The number of rotatable bonds is 1. The second kappa shape index (κ2) is 3.09. The van der Waals surface area contributed by atoms with Gasteiger partial charge in [-0.05, 0) is 0 Å². The van der Waals surface area contributed by atoms with Crippen LogP contribution in [0.5, 0.6) is 0 Å². The fourth-order valence-electron chi connectivity index (χ4n) is 0.647. The summed E-state index contributed by atoms with van der Waals surface area (Å²) in [5, 5.41) is 5.79. The van der Waals surface area contributed by atoms with E-state index < -0.39 is 0 Å². The Balaban J connectivity index is 2.81. The molecule has 0 fully saturated rings. The number of nitrogens with zero attached hydrogens (tertiary/aromatic N) is 4. The standard InChI is InChI=1S/C7H10N4/c1-6-7(10-11(2)3)4-8-5-9-6/h4-5H,1H2,2-3H3/b10-7-. The van der Waals surface area contributed by atoms with Crippen LogP contribution >= 0.6 is 0 Å². The summed E-state index contributed by atoms with van der Waals surface area (Å²) in [6.45, 7) is 3.70. The third-order valence-corrected chi connectivity index (χ3v) is 1.08. The summed E-state index contributed by atoms with van der Waals surface area (Å²) in [6, 6.07) is 0. The van der Waals surface area contributed by atoms with Gasteiger partial charge in [-0.25, -0.2) is 9.98 Å². The summed E-state index contributed by atoms with van der Waals surface area (Å²) in [5.41, 5.74) is 1.35. The van der Waals surface area contributed by atoms with E-state index in [1.54, 1.807) is 11.2 Å². The zero-order chi connectivity index (χ0) is 8.27. The van der Waals surface area contributed by atoms with Crippen LogP contribution in [0, 0.1) is 0 Å². The number of hydrogen-bond acceptors (Lipinski definition) is 4. The Bertz CT molecular complexity index is 247. The van der Waals surface area contributed by atoms with E-state index >= 15 is 0 Å². The summed E-state index contributed by atoms with van der Waals surface area (Å²) < 4.78 is 0. The average Bonchev–Trinajstić information content (AvgIpc) is 1.93. The third kappa shape index (κ3) is 2.00. The fourth-order valence-corrected chi connectivity index (χ4v) is 0.647. The zero-order valence-electron chi connectivity index (χ0n) is 6.65. The van der Waals surface area contributed by atoms with Crippen LogP contribution in [0.15, 0.2) is 27.4 Å². The van der Waals surface area contributed by atoms with Crippen LogP contribution < -0.4 is 0 Å². The minimum atomic E-state index is 0.647. The smallest absolute Gasteiger partial charge is 0.126 e. The van der Waals surface area contributed by atoms with E-state index in [0.29, 0.717) is 11.4 Å². The van der Waals surface area contributed by atoms with Gasteiger partial charge in [0.2, 0.25) is 0 Å². The molecule has 0 N–H and O–H groups in total. The Kier molecular flexibility index (Phi) is 2.15. The van der Waals surface area contributed by atoms with E-state index in [1.165, 1.54) is 6.34 Å². The lowest BCUT2D eigenvalue weighted by atomic mass is 10.3. The molecule has 0 aromatic heterocycles. The van der Waals surface area contributed by atoms with E-state index in [4.69, 9.17) is 0 Å². The molecule has 0 saturated heterocycles. The maximum absolute atomic E-state index is 4.10. The van der Waals surface area contributed by atoms with Crippen molar-refractivity contribution in [2.45, 2.75) is 0 Å². The van der Waals surface area contributed by atoms with Crippen LogP contribution in [0.1, 0.15) is 0 Å². The highest BCUT2D eigenvalue weighted by Crippen LogP contribution is 1.99. The van der Waals surface area contributed by atoms with Crippen LogP contribution in [0.3, 0.4) is 0 Å². The van der Waals surface area contributed by atoms with E-state index in [9.17, 15) is 0 Å². The van der Waals surface area contributed by atoms with Gasteiger partial charge in [-0.3, -0.25) is 0 Å². The van der Waals surface area contributed by atoms with Crippen molar-refractivity contribution in [2.24, 2.45) is 15.1 Å². The molecule has 1 aliphatic rings. The first-order valence-corrected chi connectivity index (χ1v) is 3.21. The minimum absolute atomic E-state index is 0.647. The van der Waals surface area contributed by atoms with Gasteiger partial charge in [0, 0.05) is 14.1 Å². The highest BCUT2D eigenvalue weighted by atomic mass is 15.4. The van der Waals surface area contributed by atoms with Crippen molar-refractivity contribution in [1.29, 1.82) is 0 Å². The van der Waals surface area contributed by atoms with Crippen molar-refractivity contribution < 1.29 is 0 Å². The molecule has 0 spiro atoms. The molecule has 0 radical (unpaired) electrons. The molecule has 4 nitrogen and oxygen atoms in total. The Morgan fingerprint density at radius 3 is 2.82 bits per heavy atom. The number of aliphatic imine (C=N–C) groups is 2. The van der Waals surface area contributed by atoms with Gasteiger partial charge in [-0.1, -0.05) is 6.58 Å². The van der Waals surface area contributed by atoms with Gasteiger partial charge in [0.1, 0.15) is 12.1 Å². The van der Waals surface area contributed by atoms with Gasteiger partial charge in [0.25, 0.3) is 0 Å². The number of hydrazone groups is 1. The second-order valence-electron chi connectivity index (χ2n) is 2.30. The van der Waals surface area contributed by atoms with Crippen molar-refractivity contribution >= 4 is 18.3 Å². The minimum Gasteiger partial charge on any atom is -0.302 e. The van der Waals surface area contributed by atoms with Gasteiger partial charge in [-0.15, -0.1) is 0 Å². The van der Waals surface area contributed by atoms with Gasteiger partial charge in [-0.2, -0.15) is 5.10 Å². The van der Waals surface area contributed by atoms with Gasteiger partial charge in [0.15, 0.2) is 0 Å². The first-order chi connectivity index (χ1) is 5.20. The molecular weight excluding hydrogens is 140 g/mol. The van der Waals surface area contributed by atoms with Crippen LogP contribution in [0.2, 0.25) is 0 Å². The first-order valence-electron chi connectivity index (χ1n) is 3.21. The highest BCUT2D eigenvalue weighted by molar-refractivity contribution is 6.39. The predicted molar refractivity (Wildman–Crippen MR) is 47.2 cm³/mol. The van der Waals surface area contributed by atoms with Crippen LogP contribution in [-0.2, 0) is 0 Å². The van der Waals surface area contributed by atoms with E-state index in [1.807, 2.05) is 14.1 Å². The van der Waals surface area contributed by atoms with Gasteiger partial charge in [0.05, 0.1) is 11.9 Å². The molecule has 0 saturated carbocycles. The zero-order valence-corrected chi connectivity index (χ0v) is 6.65. The SMILES string of the molecule is C=C1N=CN=C/C1=N/N(C)C. The second-order valence-corrected chi connectivity index (χ2v) is 2.30. The quantitative estimate of drug-likeness (QED) is 0.502. The first kappa shape index (κ1) is 7.65. The Hall–Kier alpha value is -1.45. The molecule has 0 atom stereocenters. The summed E-state index contributed by atoms with van der Waals surface area (Å²) in [6.07, 6.45) is 3.09. The summed E-state index contributed by atoms with van der Waals surface area (Å²) in [7, 11) is 3.68. The van der Waals surface area contributed by atoms with E-state index in [0.717, 1.165) is 0 Å². The molecule has 4 heteroatoms. The van der Waals surface area contributed by atoms with Crippen LogP contribution in [0.4, 0.5) is 0 Å². The van der Waals surface area contributed by atoms with Crippen molar-refractivity contribution in [3.05, 3.63) is 12.3 Å². The molecule has 1 aliphatic heterocycles. The topological polar surface area (TPSA) is 40.3 Å². The monoisotopic (exact) mass is 150 g/mol. The fraction of sp³-hybridized carbons (Fsp3) is 0.286. The number of allylic oxidation sites excluding steroid dienone is 1. The summed E-state index contributed by atoms with van der Waals surface area (Å²) in [5.74, 6) is 0. The molecule has 0 aliphatic carbocycles. The predicted octanol–water partition coefficient (Wildman–Crippen LogP) is 0.530. The van der Waals surface area contributed by atoms with Crippen molar-refractivity contribution in [1.82, 2.24) is 5.01 Å². The summed E-state index contributed by atoms with van der Waals surface area (Å²) >= 11 is 0. The average molecular weight is 150 g/mol. The third-order valence-electron chi connectivity index (χ3n) is 1.08. The van der Waals surface area contributed by atoms with Gasteiger partial charge < -0.3 is 5.01 Å². The lowest BCUT2D eigenvalue weighted by Gasteiger charge is -2.07. The lowest BCUT2D eigenvalue weighted by molar-refractivity contribution is 0.439. The van der Waals surface area contributed by atoms with E-state index in [-0.39, 0.29) is 0 Å². The molecule has 0 unspecified atom stereocenters. The van der Waals surface area contributed by atoms with Crippen molar-refractivity contribution in [3.8, 4) is 0 Å². The molecule has 0 aromatic rings. The molecule has 0 aromatic carbocycles. The van der Waals surface area contributed by atoms with Crippen molar-refractivity contribution in [2.75, 3.05) is 14.1 Å². The molecular formula is C7H10N4. The Labute approximate surface area is 65.6 Å². The maximum atomic E-state index is 4.10. The Morgan fingerprint density at radius 2 is 2.27 bits per heavy atom. The summed E-state index contributed by atoms with van der Waals surface area (Å²) in [4.78, 5) is 7.72. The largest absolute Gasteiger partial charge is 0.302 e. The van der Waals surface area contributed by atoms with Gasteiger partial charge >= 0.3 is 0 Å². The Morgan fingerprint density at radius 1 is 1.55 bits per heavy atom. The molecule has 0 amide bonds. The normalized spacial score (nSPS) is 19.5. The highest BCUT2D eigenvalue weighted by Gasteiger charge is 2.02. The van der Waals surface area contributed by atoms with Crippen molar-refractivity contribution in [3.63, 3.8) is 0 Å². The number of hydrogen-bond donors (Lipinski definition) is 0. The lowest BCUT2D eigenvalue weighted by Crippen LogP contribution is -2.13. The molecule has 0 bridgehead atoms. The molecule has 1 heterocycles. The van der Waals surface area contributed by atoms with Crippen LogP contribution in [0.25, 0.3) is 0 Å². The van der Waals surface area contributed by atoms with E-state index in [2.05, 4.69) is 21.7 Å². The maximum Gasteiger partial charge on any atom is 0.126 e. The molecule has 1 rings (SSSR count).